The zero-order chi connectivity index (χ0) is 26.5. The van der Waals surface area contributed by atoms with Gasteiger partial charge in [0.1, 0.15) is 0 Å². The van der Waals surface area contributed by atoms with Gasteiger partial charge in [-0.1, -0.05) is 44.2 Å². The van der Waals surface area contributed by atoms with E-state index in [9.17, 15) is 14.7 Å². The van der Waals surface area contributed by atoms with Crippen molar-refractivity contribution in [2.45, 2.75) is 94.8 Å². The summed E-state index contributed by atoms with van der Waals surface area (Å²) in [5.74, 6) is 0.629. The maximum Gasteiger partial charge on any atom is 0.317 e. The second kappa shape index (κ2) is 10.5. The highest BCUT2D eigenvalue weighted by atomic mass is 16.4. The fourth-order valence-corrected chi connectivity index (χ4v) is 9.02. The number of hydrogen-bond donors (Lipinski definition) is 1. The molecule has 8 nitrogen and oxygen atoms in total. The highest BCUT2D eigenvalue weighted by molar-refractivity contribution is 5.76. The van der Waals surface area contributed by atoms with Crippen LogP contribution in [0.2, 0.25) is 0 Å². The van der Waals surface area contributed by atoms with Gasteiger partial charge >= 0.3 is 5.97 Å². The maximum atomic E-state index is 14.3. The van der Waals surface area contributed by atoms with E-state index in [0.29, 0.717) is 29.7 Å². The van der Waals surface area contributed by atoms with Gasteiger partial charge in [0.2, 0.25) is 0 Å². The standard InChI is InChI=1S/C31H43N5O3/c37-29(38)20-33-16-21-18-34(19-22(21)17-33)30-31(39)36(28-11-7-6-10-27(28)32-30)26-14-24-12-13-25(15-26)35(24)23-8-4-2-1-3-5-9-23/h6-7,10-11,21-26H,1-5,8-9,12-20H2,(H,37,38)/t21?,22?,24-,25+,26+. The molecule has 0 radical (unpaired) electrons. The van der Waals surface area contributed by atoms with Gasteiger partial charge < -0.3 is 14.6 Å². The number of carbonyl (C=O) groups is 1. The molecule has 4 saturated heterocycles. The van der Waals surface area contributed by atoms with Crippen LogP contribution in [0.1, 0.15) is 76.7 Å². The number of carboxylic acids is 1. The zero-order valence-corrected chi connectivity index (χ0v) is 23.1. The van der Waals surface area contributed by atoms with Crippen LogP contribution in [-0.2, 0) is 4.79 Å². The molecule has 4 aliphatic heterocycles. The largest absolute Gasteiger partial charge is 0.480 e. The van der Waals surface area contributed by atoms with Crippen LogP contribution in [0.3, 0.4) is 0 Å². The Morgan fingerprint density at radius 2 is 1.46 bits per heavy atom. The third kappa shape index (κ3) is 4.77. The average Bonchev–Trinajstić information content (AvgIpc) is 3.52. The highest BCUT2D eigenvalue weighted by Gasteiger charge is 2.45. The molecule has 0 spiro atoms. The first kappa shape index (κ1) is 25.5. The lowest BCUT2D eigenvalue weighted by atomic mass is 9.89. The van der Waals surface area contributed by atoms with Crippen molar-refractivity contribution in [3.05, 3.63) is 34.6 Å². The number of nitrogens with zero attached hydrogens (tertiary/aromatic N) is 5. The topological polar surface area (TPSA) is 81.9 Å². The molecule has 2 unspecified atom stereocenters. The summed E-state index contributed by atoms with van der Waals surface area (Å²) in [6.45, 7) is 3.26. The number of para-hydroxylation sites is 2. The number of anilines is 1. The fourth-order valence-electron chi connectivity index (χ4n) is 9.02. The number of rotatable bonds is 5. The highest BCUT2D eigenvalue weighted by Crippen LogP contribution is 2.44. The smallest absolute Gasteiger partial charge is 0.317 e. The van der Waals surface area contributed by atoms with Crippen molar-refractivity contribution in [3.63, 3.8) is 0 Å². The van der Waals surface area contributed by atoms with Gasteiger partial charge in [-0.3, -0.25) is 19.4 Å². The minimum absolute atomic E-state index is 0.0693. The second-order valence-corrected chi connectivity index (χ2v) is 13.1. The SMILES string of the molecule is O=C(O)CN1CC2CN(c3nc4ccccc4n([C@H]4C[C@H]5CC[C@@H](C4)N5C4CCCCCCC4)c3=O)CC2C1. The Kier molecular flexibility index (Phi) is 6.87. The molecule has 1 aliphatic carbocycles. The predicted octanol–water partition coefficient (Wildman–Crippen LogP) is 4.13. The molecule has 2 bridgehead atoms. The first-order chi connectivity index (χ1) is 19.0. The molecule has 1 saturated carbocycles. The van der Waals surface area contributed by atoms with Crippen molar-refractivity contribution in [2.75, 3.05) is 37.6 Å². The van der Waals surface area contributed by atoms with Gasteiger partial charge in [-0.05, 0) is 62.5 Å². The lowest BCUT2D eigenvalue weighted by Crippen LogP contribution is -2.50. The Morgan fingerprint density at radius 3 is 2.13 bits per heavy atom. The van der Waals surface area contributed by atoms with Crippen LogP contribution in [0.15, 0.2) is 29.1 Å². The number of likely N-dealkylation sites (tertiary alicyclic amines) is 1. The summed E-state index contributed by atoms with van der Waals surface area (Å²) in [5, 5.41) is 9.21. The van der Waals surface area contributed by atoms with Crippen LogP contribution in [0.4, 0.5) is 5.82 Å². The molecule has 8 heteroatoms. The summed E-state index contributed by atoms with van der Waals surface area (Å²) >= 11 is 0. The van der Waals surface area contributed by atoms with Crippen molar-refractivity contribution >= 4 is 22.8 Å². The first-order valence-electron chi connectivity index (χ1n) is 15.5. The van der Waals surface area contributed by atoms with Gasteiger partial charge in [0.15, 0.2) is 5.82 Å². The van der Waals surface area contributed by atoms with E-state index in [-0.39, 0.29) is 18.1 Å². The number of aliphatic carboxylic acids is 1. The van der Waals surface area contributed by atoms with Crippen LogP contribution in [-0.4, -0.2) is 81.3 Å². The quantitative estimate of drug-likeness (QED) is 0.619. The van der Waals surface area contributed by atoms with Crippen molar-refractivity contribution in [2.24, 2.45) is 11.8 Å². The van der Waals surface area contributed by atoms with Crippen LogP contribution in [0.5, 0.6) is 0 Å². The van der Waals surface area contributed by atoms with E-state index in [1.807, 2.05) is 17.0 Å². The summed E-state index contributed by atoms with van der Waals surface area (Å²) in [6, 6.07) is 10.3. The first-order valence-corrected chi connectivity index (χ1v) is 15.5. The zero-order valence-electron chi connectivity index (χ0n) is 23.1. The van der Waals surface area contributed by atoms with Gasteiger partial charge in [0.25, 0.3) is 5.56 Å². The Labute approximate surface area is 231 Å². The molecule has 0 amide bonds. The number of hydrogen-bond acceptors (Lipinski definition) is 6. The fraction of sp³-hybridized carbons (Fsp3) is 0.710. The van der Waals surface area contributed by atoms with E-state index < -0.39 is 5.97 Å². The van der Waals surface area contributed by atoms with Crippen molar-refractivity contribution in [1.82, 2.24) is 19.4 Å². The summed E-state index contributed by atoms with van der Waals surface area (Å²) < 4.78 is 2.13. The summed E-state index contributed by atoms with van der Waals surface area (Å²) in [5.41, 5.74) is 1.95. The molecular formula is C31H43N5O3. The summed E-state index contributed by atoms with van der Waals surface area (Å²) in [6.07, 6.45) is 14.3. The van der Waals surface area contributed by atoms with Gasteiger partial charge in [-0.25, -0.2) is 4.98 Å². The number of aromatic nitrogens is 2. The van der Waals surface area contributed by atoms with E-state index in [2.05, 4.69) is 26.5 Å². The van der Waals surface area contributed by atoms with E-state index in [1.54, 1.807) is 0 Å². The van der Waals surface area contributed by atoms with Gasteiger partial charge in [0, 0.05) is 50.3 Å². The van der Waals surface area contributed by atoms with E-state index in [4.69, 9.17) is 4.98 Å². The molecule has 5 heterocycles. The molecule has 2 aromatic rings. The molecule has 210 valence electrons. The summed E-state index contributed by atoms with van der Waals surface area (Å²) in [4.78, 5) is 37.5. The van der Waals surface area contributed by atoms with E-state index >= 15 is 0 Å². The number of carboxylic acid groups (broad SMARTS) is 1. The Morgan fingerprint density at radius 1 is 0.821 bits per heavy atom. The van der Waals surface area contributed by atoms with Crippen LogP contribution in [0.25, 0.3) is 11.0 Å². The molecular weight excluding hydrogens is 490 g/mol. The molecule has 1 aromatic carbocycles. The number of benzene rings is 1. The Bertz CT molecular complexity index is 1240. The van der Waals surface area contributed by atoms with E-state index in [1.165, 1.54) is 57.8 Å². The molecule has 1 aromatic heterocycles. The molecule has 39 heavy (non-hydrogen) atoms. The number of piperidine rings is 1. The summed E-state index contributed by atoms with van der Waals surface area (Å²) in [7, 11) is 0. The van der Waals surface area contributed by atoms with Gasteiger partial charge in [-0.15, -0.1) is 0 Å². The third-order valence-corrected chi connectivity index (χ3v) is 10.6. The normalized spacial score (nSPS) is 32.4. The molecule has 5 atom stereocenters. The van der Waals surface area contributed by atoms with Gasteiger partial charge in [0.05, 0.1) is 17.6 Å². The Balaban J connectivity index is 1.15. The van der Waals surface area contributed by atoms with Crippen LogP contribution >= 0.6 is 0 Å². The van der Waals surface area contributed by atoms with E-state index in [0.717, 1.165) is 56.1 Å². The minimum Gasteiger partial charge on any atom is -0.480 e. The van der Waals surface area contributed by atoms with Crippen molar-refractivity contribution in [1.29, 1.82) is 0 Å². The molecule has 5 aliphatic rings. The predicted molar refractivity (Wildman–Crippen MR) is 152 cm³/mol. The van der Waals surface area contributed by atoms with Crippen molar-refractivity contribution in [3.8, 4) is 0 Å². The van der Waals surface area contributed by atoms with Crippen LogP contribution < -0.4 is 10.5 Å². The maximum absolute atomic E-state index is 14.3. The second-order valence-electron chi connectivity index (χ2n) is 13.1. The monoisotopic (exact) mass is 533 g/mol. The lowest BCUT2D eigenvalue weighted by Gasteiger charge is -2.45. The molecule has 7 rings (SSSR count). The lowest BCUT2D eigenvalue weighted by molar-refractivity contribution is -0.138. The van der Waals surface area contributed by atoms with Crippen molar-refractivity contribution < 1.29 is 9.90 Å². The molecule has 1 N–H and O–H groups in total. The van der Waals surface area contributed by atoms with Crippen LogP contribution in [0, 0.1) is 11.8 Å². The Hall–Kier alpha value is -2.45. The minimum atomic E-state index is -0.763. The van der Waals surface area contributed by atoms with Gasteiger partial charge in [-0.2, -0.15) is 0 Å². The molecule has 5 fully saturated rings. The average molecular weight is 534 g/mol. The number of fused-ring (bicyclic) bond motifs is 4. The third-order valence-electron chi connectivity index (χ3n) is 10.6.